The van der Waals surface area contributed by atoms with Crippen LogP contribution in [0.1, 0.15) is 27.2 Å². The lowest BCUT2D eigenvalue weighted by molar-refractivity contribution is -0.121. The van der Waals surface area contributed by atoms with Crippen LogP contribution in [0.25, 0.3) is 0 Å². The number of amides is 1. The second kappa shape index (κ2) is 7.24. The van der Waals surface area contributed by atoms with Crippen molar-refractivity contribution in [2.45, 2.75) is 32.7 Å². The van der Waals surface area contributed by atoms with E-state index in [1.165, 1.54) is 6.07 Å². The Hall–Kier alpha value is -1.62. The summed E-state index contributed by atoms with van der Waals surface area (Å²) in [7, 11) is 0. The number of carbonyl (C=O) groups excluding carboxylic acids is 1. The van der Waals surface area contributed by atoms with Crippen LogP contribution in [0.2, 0.25) is 0 Å². The van der Waals surface area contributed by atoms with E-state index in [-0.39, 0.29) is 23.8 Å². The average Bonchev–Trinajstić information content (AvgIpc) is 2.33. The summed E-state index contributed by atoms with van der Waals surface area (Å²) >= 11 is 0. The van der Waals surface area contributed by atoms with Gasteiger partial charge in [0.2, 0.25) is 5.91 Å². The van der Waals surface area contributed by atoms with Crippen molar-refractivity contribution >= 4 is 11.6 Å². The first-order valence-electron chi connectivity index (χ1n) is 6.84. The summed E-state index contributed by atoms with van der Waals surface area (Å²) in [6.07, 6.45) is 0.705. The first kappa shape index (κ1) is 16.4. The van der Waals surface area contributed by atoms with Crippen LogP contribution < -0.4 is 16.0 Å². The monoisotopic (exact) mass is 281 g/mol. The minimum absolute atomic E-state index is 0.123. The lowest BCUT2D eigenvalue weighted by atomic mass is 10.1. The molecule has 0 saturated heterocycles. The maximum Gasteiger partial charge on any atom is 0.239 e. The van der Waals surface area contributed by atoms with Gasteiger partial charge < -0.3 is 16.0 Å². The van der Waals surface area contributed by atoms with E-state index in [1.807, 2.05) is 20.8 Å². The molecule has 0 aliphatic heterocycles. The molecule has 4 nitrogen and oxygen atoms in total. The molecule has 0 aliphatic carbocycles. The second-order valence-corrected chi connectivity index (χ2v) is 5.81. The highest BCUT2D eigenvalue weighted by atomic mass is 19.1. The number of nitrogens with two attached hydrogens (primary N) is 1. The van der Waals surface area contributed by atoms with E-state index in [0.29, 0.717) is 25.2 Å². The standard InChI is InChI=1S/C15H24FN3O/c1-15(2,3)18-14(20)11-19(10-6-9-17)13-8-5-4-7-12(13)16/h4-5,7-8H,6,9-11,17H2,1-3H3,(H,18,20). The fraction of sp³-hybridized carbons (Fsp3) is 0.533. The van der Waals surface area contributed by atoms with Crippen molar-refractivity contribution in [1.82, 2.24) is 5.32 Å². The highest BCUT2D eigenvalue weighted by molar-refractivity contribution is 5.82. The van der Waals surface area contributed by atoms with Crippen molar-refractivity contribution in [2.75, 3.05) is 24.5 Å². The molecule has 0 bridgehead atoms. The molecule has 20 heavy (non-hydrogen) atoms. The normalized spacial score (nSPS) is 11.2. The Balaban J connectivity index is 2.80. The quantitative estimate of drug-likeness (QED) is 0.837. The first-order chi connectivity index (χ1) is 9.33. The number of rotatable bonds is 6. The minimum atomic E-state index is -0.326. The number of para-hydroxylation sites is 1. The highest BCUT2D eigenvalue weighted by Gasteiger charge is 2.18. The molecule has 0 radical (unpaired) electrons. The number of nitrogens with zero attached hydrogens (tertiary/aromatic N) is 1. The van der Waals surface area contributed by atoms with Crippen LogP contribution in [0.5, 0.6) is 0 Å². The summed E-state index contributed by atoms with van der Waals surface area (Å²) in [5, 5.41) is 2.88. The smallest absolute Gasteiger partial charge is 0.239 e. The zero-order valence-corrected chi connectivity index (χ0v) is 12.4. The van der Waals surface area contributed by atoms with Crippen LogP contribution in [0.3, 0.4) is 0 Å². The molecular weight excluding hydrogens is 257 g/mol. The molecule has 0 fully saturated rings. The van der Waals surface area contributed by atoms with Gasteiger partial charge in [-0.2, -0.15) is 0 Å². The van der Waals surface area contributed by atoms with Gasteiger partial charge in [-0.05, 0) is 45.9 Å². The third-order valence-corrected chi connectivity index (χ3v) is 2.67. The van der Waals surface area contributed by atoms with Crippen molar-refractivity contribution in [3.8, 4) is 0 Å². The number of anilines is 1. The van der Waals surface area contributed by atoms with Crippen LogP contribution in [-0.2, 0) is 4.79 Å². The Morgan fingerprint density at radius 1 is 1.35 bits per heavy atom. The van der Waals surface area contributed by atoms with Gasteiger partial charge in [-0.15, -0.1) is 0 Å². The van der Waals surface area contributed by atoms with E-state index in [0.717, 1.165) is 0 Å². The maximum absolute atomic E-state index is 13.9. The lowest BCUT2D eigenvalue weighted by Gasteiger charge is -2.27. The SMILES string of the molecule is CC(C)(C)NC(=O)CN(CCCN)c1ccccc1F. The Labute approximate surface area is 120 Å². The van der Waals surface area contributed by atoms with Gasteiger partial charge in [-0.25, -0.2) is 4.39 Å². The number of carbonyl (C=O) groups is 1. The van der Waals surface area contributed by atoms with Gasteiger partial charge in [0.25, 0.3) is 0 Å². The van der Waals surface area contributed by atoms with Gasteiger partial charge >= 0.3 is 0 Å². The number of benzene rings is 1. The molecule has 1 aromatic rings. The summed E-state index contributed by atoms with van der Waals surface area (Å²) in [5.41, 5.74) is 5.64. The summed E-state index contributed by atoms with van der Waals surface area (Å²) in [6.45, 7) is 6.92. The van der Waals surface area contributed by atoms with Gasteiger partial charge in [0.15, 0.2) is 0 Å². The molecule has 0 spiro atoms. The molecule has 0 heterocycles. The van der Waals surface area contributed by atoms with E-state index in [9.17, 15) is 9.18 Å². The molecule has 0 unspecified atom stereocenters. The molecule has 1 amide bonds. The predicted octanol–water partition coefficient (Wildman–Crippen LogP) is 1.90. The first-order valence-corrected chi connectivity index (χ1v) is 6.84. The van der Waals surface area contributed by atoms with Gasteiger partial charge in [0.05, 0.1) is 12.2 Å². The fourth-order valence-electron chi connectivity index (χ4n) is 1.91. The summed E-state index contributed by atoms with van der Waals surface area (Å²) in [6, 6.07) is 6.47. The second-order valence-electron chi connectivity index (χ2n) is 5.81. The number of halogens is 1. The Bertz CT molecular complexity index is 443. The molecule has 1 rings (SSSR count). The van der Waals surface area contributed by atoms with E-state index in [2.05, 4.69) is 5.32 Å². The van der Waals surface area contributed by atoms with Crippen molar-refractivity contribution < 1.29 is 9.18 Å². The molecule has 5 heteroatoms. The third kappa shape index (κ3) is 5.57. The van der Waals surface area contributed by atoms with Gasteiger partial charge in [-0.3, -0.25) is 4.79 Å². The molecule has 112 valence electrons. The van der Waals surface area contributed by atoms with Gasteiger partial charge in [0.1, 0.15) is 5.82 Å². The molecule has 0 saturated carbocycles. The topological polar surface area (TPSA) is 58.4 Å². The minimum Gasteiger partial charge on any atom is -0.360 e. The summed E-state index contributed by atoms with van der Waals surface area (Å²) in [5.74, 6) is -0.453. The van der Waals surface area contributed by atoms with Crippen molar-refractivity contribution in [2.24, 2.45) is 5.73 Å². The maximum atomic E-state index is 13.9. The van der Waals surface area contributed by atoms with Gasteiger partial charge in [0, 0.05) is 12.1 Å². The lowest BCUT2D eigenvalue weighted by Crippen LogP contribution is -2.46. The van der Waals surface area contributed by atoms with E-state index in [4.69, 9.17) is 5.73 Å². The van der Waals surface area contributed by atoms with Gasteiger partial charge in [-0.1, -0.05) is 12.1 Å². The summed E-state index contributed by atoms with van der Waals surface area (Å²) in [4.78, 5) is 13.7. The van der Waals surface area contributed by atoms with Crippen LogP contribution in [0.4, 0.5) is 10.1 Å². The Morgan fingerprint density at radius 2 is 2.00 bits per heavy atom. The molecule has 0 aliphatic rings. The van der Waals surface area contributed by atoms with Crippen molar-refractivity contribution in [3.63, 3.8) is 0 Å². The molecule has 0 atom stereocenters. The molecular formula is C15H24FN3O. The molecule has 0 aromatic heterocycles. The van der Waals surface area contributed by atoms with Crippen LogP contribution in [-0.4, -0.2) is 31.1 Å². The average molecular weight is 281 g/mol. The van der Waals surface area contributed by atoms with Crippen LogP contribution in [0.15, 0.2) is 24.3 Å². The Morgan fingerprint density at radius 3 is 2.55 bits per heavy atom. The molecule has 1 aromatic carbocycles. The number of hydrogen-bond donors (Lipinski definition) is 2. The largest absolute Gasteiger partial charge is 0.360 e. The summed E-state index contributed by atoms with van der Waals surface area (Å²) < 4.78 is 13.9. The highest BCUT2D eigenvalue weighted by Crippen LogP contribution is 2.18. The number of nitrogens with one attached hydrogen (secondary N) is 1. The van der Waals surface area contributed by atoms with Crippen LogP contribution in [0, 0.1) is 5.82 Å². The third-order valence-electron chi connectivity index (χ3n) is 2.67. The van der Waals surface area contributed by atoms with E-state index in [1.54, 1.807) is 23.1 Å². The van der Waals surface area contributed by atoms with Crippen LogP contribution >= 0.6 is 0 Å². The predicted molar refractivity (Wildman–Crippen MR) is 80.2 cm³/mol. The molecule has 3 N–H and O–H groups in total. The van der Waals surface area contributed by atoms with Crippen molar-refractivity contribution in [1.29, 1.82) is 0 Å². The zero-order chi connectivity index (χ0) is 15.2. The van der Waals surface area contributed by atoms with E-state index < -0.39 is 0 Å². The van der Waals surface area contributed by atoms with Crippen molar-refractivity contribution in [3.05, 3.63) is 30.1 Å². The Kier molecular flexibility index (Phi) is 5.95. The fourth-order valence-corrected chi connectivity index (χ4v) is 1.91. The van der Waals surface area contributed by atoms with E-state index >= 15 is 0 Å². The zero-order valence-electron chi connectivity index (χ0n) is 12.4. The number of hydrogen-bond acceptors (Lipinski definition) is 3.